The number of hydrogen-bond donors (Lipinski definition) is 0. The maximum Gasteiger partial charge on any atom is 0.153 e. The molecule has 3 aromatic heterocycles. The molecule has 0 atom stereocenters. The second-order valence-corrected chi connectivity index (χ2v) is 4.58. The number of carbonyl (C=O) groups excluding carboxylic acids is 1. The van der Waals surface area contributed by atoms with Crippen LogP contribution in [-0.4, -0.2) is 26.0 Å². The van der Waals surface area contributed by atoms with Gasteiger partial charge in [-0.05, 0) is 30.7 Å². The van der Waals surface area contributed by atoms with Crippen LogP contribution < -0.4 is 0 Å². The summed E-state index contributed by atoms with van der Waals surface area (Å²) in [7, 11) is 0. The van der Waals surface area contributed by atoms with Crippen LogP contribution in [0.5, 0.6) is 0 Å². The van der Waals surface area contributed by atoms with Gasteiger partial charge in [-0.1, -0.05) is 0 Å². The number of pyridine rings is 2. The highest BCUT2D eigenvalue weighted by Gasteiger charge is 2.13. The smallest absolute Gasteiger partial charge is 0.153 e. The Morgan fingerprint density at radius 1 is 1.29 bits per heavy atom. The van der Waals surface area contributed by atoms with Gasteiger partial charge in [0.25, 0.3) is 0 Å². The summed E-state index contributed by atoms with van der Waals surface area (Å²) in [5.41, 5.74) is 2.20. The lowest BCUT2D eigenvalue weighted by molar-refractivity contribution is 0.112. The first-order valence-electron chi connectivity index (χ1n) is 6.26. The quantitative estimate of drug-likeness (QED) is 0.693. The normalized spacial score (nSPS) is 10.6. The average Bonchev–Trinajstić information content (AvgIpc) is 2.91. The predicted octanol–water partition coefficient (Wildman–Crippen LogP) is 2.59. The second-order valence-electron chi connectivity index (χ2n) is 4.58. The van der Waals surface area contributed by atoms with E-state index < -0.39 is 5.82 Å². The fourth-order valence-corrected chi connectivity index (χ4v) is 2.00. The fourth-order valence-electron chi connectivity index (χ4n) is 2.00. The Hall–Kier alpha value is -2.89. The zero-order valence-electron chi connectivity index (χ0n) is 11.2. The van der Waals surface area contributed by atoms with Crippen molar-refractivity contribution in [2.45, 2.75) is 6.92 Å². The van der Waals surface area contributed by atoms with Crippen LogP contribution in [0.2, 0.25) is 0 Å². The van der Waals surface area contributed by atoms with E-state index in [9.17, 15) is 9.18 Å². The van der Waals surface area contributed by atoms with Crippen LogP contribution in [0.4, 0.5) is 4.39 Å². The molecule has 0 bridgehead atoms. The van der Waals surface area contributed by atoms with Gasteiger partial charge in [0, 0.05) is 24.2 Å². The molecule has 104 valence electrons. The molecule has 0 saturated carbocycles. The molecule has 0 aliphatic heterocycles. The predicted molar refractivity (Wildman–Crippen MR) is 74.7 cm³/mol. The van der Waals surface area contributed by atoms with Gasteiger partial charge in [0.05, 0.1) is 11.8 Å². The molecule has 0 amide bonds. The summed E-state index contributed by atoms with van der Waals surface area (Å²) >= 11 is 0. The van der Waals surface area contributed by atoms with Crippen molar-refractivity contribution in [1.82, 2.24) is 19.7 Å². The van der Waals surface area contributed by atoms with E-state index in [1.165, 1.54) is 16.9 Å². The maximum absolute atomic E-state index is 13.3. The Kier molecular flexibility index (Phi) is 3.27. The number of aldehydes is 1. The van der Waals surface area contributed by atoms with Crippen LogP contribution in [0.3, 0.4) is 0 Å². The first-order chi connectivity index (χ1) is 10.2. The van der Waals surface area contributed by atoms with E-state index in [0.29, 0.717) is 28.9 Å². The van der Waals surface area contributed by atoms with Gasteiger partial charge in [0.15, 0.2) is 12.1 Å². The number of carbonyl (C=O) groups is 1. The number of hydrogen-bond acceptors (Lipinski definition) is 4. The van der Waals surface area contributed by atoms with E-state index in [2.05, 4.69) is 15.1 Å². The van der Waals surface area contributed by atoms with E-state index >= 15 is 0 Å². The Bertz CT molecular complexity index is 813. The first-order valence-corrected chi connectivity index (χ1v) is 6.26. The minimum absolute atomic E-state index is 0.353. The Labute approximate surface area is 120 Å². The number of aromatic nitrogens is 4. The minimum atomic E-state index is -0.479. The zero-order chi connectivity index (χ0) is 14.8. The van der Waals surface area contributed by atoms with Crippen LogP contribution in [0.1, 0.15) is 15.9 Å². The monoisotopic (exact) mass is 282 g/mol. The molecule has 0 aliphatic rings. The molecule has 0 fully saturated rings. The summed E-state index contributed by atoms with van der Waals surface area (Å²) in [5.74, 6) is 0.112. The molecule has 0 radical (unpaired) electrons. The third-order valence-electron chi connectivity index (χ3n) is 2.98. The van der Waals surface area contributed by atoms with Gasteiger partial charge in [-0.25, -0.2) is 14.1 Å². The summed E-state index contributed by atoms with van der Waals surface area (Å²) in [6.07, 6.45) is 6.47. The molecule has 3 rings (SSSR count). The van der Waals surface area contributed by atoms with Crippen molar-refractivity contribution in [3.63, 3.8) is 0 Å². The van der Waals surface area contributed by atoms with Gasteiger partial charge in [-0.15, -0.1) is 0 Å². The van der Waals surface area contributed by atoms with Crippen LogP contribution in [-0.2, 0) is 0 Å². The molecular formula is C15H11FN4O. The van der Waals surface area contributed by atoms with Crippen molar-refractivity contribution >= 4 is 6.29 Å². The Morgan fingerprint density at radius 3 is 2.86 bits per heavy atom. The molecule has 0 spiro atoms. The summed E-state index contributed by atoms with van der Waals surface area (Å²) in [5, 5.41) is 4.32. The highest BCUT2D eigenvalue weighted by molar-refractivity contribution is 5.85. The van der Waals surface area contributed by atoms with Gasteiger partial charge in [-0.3, -0.25) is 9.78 Å². The van der Waals surface area contributed by atoms with Gasteiger partial charge in [0.1, 0.15) is 11.5 Å². The van der Waals surface area contributed by atoms with Crippen molar-refractivity contribution in [3.8, 4) is 17.1 Å². The van der Waals surface area contributed by atoms with Crippen LogP contribution in [0.15, 0.2) is 43.0 Å². The lowest BCUT2D eigenvalue weighted by Crippen LogP contribution is -1.98. The number of rotatable bonds is 3. The molecule has 0 aromatic carbocycles. The molecule has 0 N–H and O–H groups in total. The Balaban J connectivity index is 2.13. The molecule has 3 aromatic rings. The van der Waals surface area contributed by atoms with Crippen molar-refractivity contribution in [3.05, 3.63) is 59.9 Å². The van der Waals surface area contributed by atoms with Gasteiger partial charge >= 0.3 is 0 Å². The van der Waals surface area contributed by atoms with Crippen molar-refractivity contribution in [1.29, 1.82) is 0 Å². The van der Waals surface area contributed by atoms with Gasteiger partial charge in [0.2, 0.25) is 0 Å². The average molecular weight is 282 g/mol. The third-order valence-corrected chi connectivity index (χ3v) is 2.98. The van der Waals surface area contributed by atoms with Crippen molar-refractivity contribution in [2.75, 3.05) is 0 Å². The third kappa shape index (κ3) is 2.55. The lowest BCUT2D eigenvalue weighted by Gasteiger charge is -2.01. The molecule has 0 saturated heterocycles. The van der Waals surface area contributed by atoms with E-state index in [1.54, 1.807) is 12.4 Å². The van der Waals surface area contributed by atoms with Crippen LogP contribution in [0, 0.1) is 12.7 Å². The first kappa shape index (κ1) is 13.1. The molecule has 6 heteroatoms. The SMILES string of the molecule is Cc1ccnc(-n2cc(C=O)c(-c3cncc(F)c3)n2)c1. The highest BCUT2D eigenvalue weighted by Crippen LogP contribution is 2.22. The van der Waals surface area contributed by atoms with E-state index in [-0.39, 0.29) is 0 Å². The highest BCUT2D eigenvalue weighted by atomic mass is 19.1. The molecule has 5 nitrogen and oxygen atoms in total. The topological polar surface area (TPSA) is 60.7 Å². The molecule has 0 unspecified atom stereocenters. The van der Waals surface area contributed by atoms with E-state index in [4.69, 9.17) is 0 Å². The lowest BCUT2D eigenvalue weighted by atomic mass is 10.1. The minimum Gasteiger partial charge on any atom is -0.298 e. The molecule has 21 heavy (non-hydrogen) atoms. The second kappa shape index (κ2) is 5.24. The van der Waals surface area contributed by atoms with Crippen LogP contribution >= 0.6 is 0 Å². The molecule has 0 aliphatic carbocycles. The maximum atomic E-state index is 13.3. The van der Waals surface area contributed by atoms with Crippen molar-refractivity contribution < 1.29 is 9.18 Å². The van der Waals surface area contributed by atoms with Gasteiger partial charge < -0.3 is 0 Å². The van der Waals surface area contributed by atoms with Crippen molar-refractivity contribution in [2.24, 2.45) is 0 Å². The largest absolute Gasteiger partial charge is 0.298 e. The Morgan fingerprint density at radius 2 is 2.14 bits per heavy atom. The fraction of sp³-hybridized carbons (Fsp3) is 0.0667. The zero-order valence-corrected chi connectivity index (χ0v) is 11.2. The summed E-state index contributed by atoms with van der Waals surface area (Å²) in [6, 6.07) is 5.00. The van der Waals surface area contributed by atoms with Crippen LogP contribution in [0.25, 0.3) is 17.1 Å². The standard InChI is InChI=1S/C15H11FN4O/c1-10-2-3-18-14(4-10)20-8-12(9-21)15(19-20)11-5-13(16)7-17-6-11/h2-9H,1H3. The number of halogens is 1. The van der Waals surface area contributed by atoms with Gasteiger partial charge in [-0.2, -0.15) is 5.10 Å². The summed E-state index contributed by atoms with van der Waals surface area (Å²) in [6.45, 7) is 1.94. The van der Waals surface area contributed by atoms with E-state index in [0.717, 1.165) is 11.8 Å². The molecule has 3 heterocycles. The number of nitrogens with zero attached hydrogens (tertiary/aromatic N) is 4. The van der Waals surface area contributed by atoms with E-state index in [1.807, 2.05) is 19.1 Å². The summed E-state index contributed by atoms with van der Waals surface area (Å²) < 4.78 is 14.8. The summed E-state index contributed by atoms with van der Waals surface area (Å²) in [4.78, 5) is 19.2. The number of aryl methyl sites for hydroxylation is 1. The molecular weight excluding hydrogens is 271 g/mol.